The van der Waals surface area contributed by atoms with Crippen molar-refractivity contribution in [3.63, 3.8) is 0 Å². The number of methoxy groups -OCH3 is 1. The van der Waals surface area contributed by atoms with E-state index in [9.17, 15) is 4.79 Å². The highest BCUT2D eigenvalue weighted by Gasteiger charge is 2.32. The third-order valence-electron chi connectivity index (χ3n) is 4.22. The van der Waals surface area contributed by atoms with Crippen molar-refractivity contribution in [1.82, 2.24) is 4.90 Å². The molecule has 0 aromatic heterocycles. The third-order valence-corrected chi connectivity index (χ3v) is 4.22. The maximum atomic E-state index is 12.5. The summed E-state index contributed by atoms with van der Waals surface area (Å²) < 4.78 is 5.22. The Morgan fingerprint density at radius 3 is 2.47 bits per heavy atom. The molecule has 1 heterocycles. The predicted octanol–water partition coefficient (Wildman–Crippen LogP) is 2.59. The number of hydrogen-bond acceptors (Lipinski definition) is 2. The first-order chi connectivity index (χ1) is 8.33. The molecule has 2 fully saturated rings. The lowest BCUT2D eigenvalue weighted by Crippen LogP contribution is -2.41. The van der Waals surface area contributed by atoms with Crippen LogP contribution in [0.25, 0.3) is 0 Å². The summed E-state index contributed by atoms with van der Waals surface area (Å²) in [7, 11) is 1.73. The van der Waals surface area contributed by atoms with Crippen LogP contribution in [-0.4, -0.2) is 37.1 Å². The highest BCUT2D eigenvalue weighted by atomic mass is 16.5. The molecule has 1 aliphatic heterocycles. The van der Waals surface area contributed by atoms with E-state index < -0.39 is 0 Å². The van der Waals surface area contributed by atoms with Crippen molar-refractivity contribution in [2.24, 2.45) is 5.92 Å². The highest BCUT2D eigenvalue weighted by Crippen LogP contribution is 2.28. The molecule has 17 heavy (non-hydrogen) atoms. The fraction of sp³-hybridized carbons (Fsp3) is 0.929. The quantitative estimate of drug-likeness (QED) is 0.708. The van der Waals surface area contributed by atoms with Crippen LogP contribution in [0.15, 0.2) is 0 Å². The second kappa shape index (κ2) is 6.39. The number of nitrogens with zero attached hydrogens (tertiary/aromatic N) is 1. The zero-order valence-electron chi connectivity index (χ0n) is 11.0. The fourth-order valence-corrected chi connectivity index (χ4v) is 3.25. The normalized spacial score (nSPS) is 27.1. The number of likely N-dealkylation sites (tertiary alicyclic amines) is 1. The molecule has 3 heteroatoms. The molecule has 1 amide bonds. The zero-order valence-corrected chi connectivity index (χ0v) is 11.0. The lowest BCUT2D eigenvalue weighted by atomic mass is 9.98. The van der Waals surface area contributed by atoms with E-state index in [0.29, 0.717) is 24.5 Å². The third kappa shape index (κ3) is 3.21. The van der Waals surface area contributed by atoms with Gasteiger partial charge in [0.1, 0.15) is 0 Å². The monoisotopic (exact) mass is 239 g/mol. The van der Waals surface area contributed by atoms with Crippen LogP contribution < -0.4 is 0 Å². The summed E-state index contributed by atoms with van der Waals surface area (Å²) >= 11 is 0. The Morgan fingerprint density at radius 2 is 1.82 bits per heavy atom. The maximum absolute atomic E-state index is 12.5. The smallest absolute Gasteiger partial charge is 0.226 e. The van der Waals surface area contributed by atoms with Crippen LogP contribution in [0.1, 0.15) is 51.4 Å². The van der Waals surface area contributed by atoms with Crippen molar-refractivity contribution < 1.29 is 9.53 Å². The molecule has 2 rings (SSSR count). The SMILES string of the molecule is COCC1CCCN1C(=O)C1CCCCCC1. The van der Waals surface area contributed by atoms with Crippen LogP contribution >= 0.6 is 0 Å². The molecular weight excluding hydrogens is 214 g/mol. The summed E-state index contributed by atoms with van der Waals surface area (Å²) in [5.41, 5.74) is 0. The average Bonchev–Trinajstić information content (AvgIpc) is 2.63. The minimum Gasteiger partial charge on any atom is -0.383 e. The fourth-order valence-electron chi connectivity index (χ4n) is 3.25. The summed E-state index contributed by atoms with van der Waals surface area (Å²) in [6.45, 7) is 1.65. The summed E-state index contributed by atoms with van der Waals surface area (Å²) in [5, 5.41) is 0. The molecule has 1 aliphatic carbocycles. The number of amides is 1. The van der Waals surface area contributed by atoms with Gasteiger partial charge in [-0.15, -0.1) is 0 Å². The molecule has 98 valence electrons. The summed E-state index contributed by atoms with van der Waals surface area (Å²) in [5.74, 6) is 0.710. The molecule has 1 saturated carbocycles. The summed E-state index contributed by atoms with van der Waals surface area (Å²) in [6, 6.07) is 0.343. The largest absolute Gasteiger partial charge is 0.383 e. The molecule has 0 aromatic carbocycles. The molecule has 2 aliphatic rings. The second-order valence-electron chi connectivity index (χ2n) is 5.47. The Bertz CT molecular complexity index is 247. The van der Waals surface area contributed by atoms with Crippen LogP contribution in [0.4, 0.5) is 0 Å². The highest BCUT2D eigenvalue weighted by molar-refractivity contribution is 5.79. The average molecular weight is 239 g/mol. The molecular formula is C14H25NO2. The van der Waals surface area contributed by atoms with Crippen molar-refractivity contribution in [3.8, 4) is 0 Å². The minimum atomic E-state index is 0.301. The van der Waals surface area contributed by atoms with Gasteiger partial charge in [-0.05, 0) is 25.7 Å². The van der Waals surface area contributed by atoms with Gasteiger partial charge in [-0.25, -0.2) is 0 Å². The second-order valence-corrected chi connectivity index (χ2v) is 5.47. The van der Waals surface area contributed by atoms with Crippen molar-refractivity contribution >= 4 is 5.91 Å². The van der Waals surface area contributed by atoms with E-state index in [2.05, 4.69) is 4.90 Å². The molecule has 1 saturated heterocycles. The number of hydrogen-bond donors (Lipinski definition) is 0. The standard InChI is InChI=1S/C14H25NO2/c1-17-11-13-9-6-10-15(13)14(16)12-7-4-2-3-5-8-12/h12-13H,2-11H2,1H3. The van der Waals surface area contributed by atoms with Gasteiger partial charge in [-0.3, -0.25) is 4.79 Å². The van der Waals surface area contributed by atoms with Crippen LogP contribution in [0.5, 0.6) is 0 Å². The Balaban J connectivity index is 1.92. The molecule has 0 spiro atoms. The zero-order chi connectivity index (χ0) is 12.1. The van der Waals surface area contributed by atoms with E-state index >= 15 is 0 Å². The lowest BCUT2D eigenvalue weighted by Gasteiger charge is -2.28. The Kier molecular flexibility index (Phi) is 4.84. The Hall–Kier alpha value is -0.570. The van der Waals surface area contributed by atoms with Gasteiger partial charge in [0, 0.05) is 19.6 Å². The molecule has 3 nitrogen and oxygen atoms in total. The van der Waals surface area contributed by atoms with Crippen molar-refractivity contribution in [2.75, 3.05) is 20.3 Å². The minimum absolute atomic E-state index is 0.301. The van der Waals surface area contributed by atoms with E-state index in [-0.39, 0.29) is 0 Å². The van der Waals surface area contributed by atoms with Gasteiger partial charge in [0.05, 0.1) is 12.6 Å². The van der Waals surface area contributed by atoms with Gasteiger partial charge in [-0.2, -0.15) is 0 Å². The van der Waals surface area contributed by atoms with Gasteiger partial charge in [0.25, 0.3) is 0 Å². The molecule has 0 aromatic rings. The summed E-state index contributed by atoms with van der Waals surface area (Å²) in [6.07, 6.45) is 9.57. The van der Waals surface area contributed by atoms with E-state index in [4.69, 9.17) is 4.74 Å². The predicted molar refractivity (Wildman–Crippen MR) is 67.8 cm³/mol. The van der Waals surface area contributed by atoms with Crippen molar-refractivity contribution in [1.29, 1.82) is 0 Å². The van der Waals surface area contributed by atoms with Crippen molar-refractivity contribution in [3.05, 3.63) is 0 Å². The van der Waals surface area contributed by atoms with Gasteiger partial charge >= 0.3 is 0 Å². The van der Waals surface area contributed by atoms with E-state index in [0.717, 1.165) is 32.2 Å². The van der Waals surface area contributed by atoms with Crippen LogP contribution in [-0.2, 0) is 9.53 Å². The Morgan fingerprint density at radius 1 is 1.12 bits per heavy atom. The van der Waals surface area contributed by atoms with Crippen LogP contribution in [0.2, 0.25) is 0 Å². The van der Waals surface area contributed by atoms with E-state index in [1.54, 1.807) is 7.11 Å². The van der Waals surface area contributed by atoms with Crippen LogP contribution in [0.3, 0.4) is 0 Å². The topological polar surface area (TPSA) is 29.5 Å². The molecule has 1 atom stereocenters. The van der Waals surface area contributed by atoms with Gasteiger partial charge < -0.3 is 9.64 Å². The molecule has 0 bridgehead atoms. The first kappa shape index (κ1) is 12.9. The van der Waals surface area contributed by atoms with Gasteiger partial charge in [-0.1, -0.05) is 25.7 Å². The number of carbonyl (C=O) groups excluding carboxylic acids is 1. The first-order valence-electron chi connectivity index (χ1n) is 7.12. The first-order valence-corrected chi connectivity index (χ1v) is 7.12. The molecule has 0 radical (unpaired) electrons. The summed E-state index contributed by atoms with van der Waals surface area (Å²) in [4.78, 5) is 14.6. The van der Waals surface area contributed by atoms with Crippen molar-refractivity contribution in [2.45, 2.75) is 57.4 Å². The number of carbonyl (C=O) groups is 1. The number of rotatable bonds is 3. The van der Waals surface area contributed by atoms with Gasteiger partial charge in [0.15, 0.2) is 0 Å². The molecule has 1 unspecified atom stereocenters. The van der Waals surface area contributed by atoms with Crippen LogP contribution in [0, 0.1) is 5.92 Å². The van der Waals surface area contributed by atoms with E-state index in [1.165, 1.54) is 25.7 Å². The Labute approximate surface area is 105 Å². The maximum Gasteiger partial charge on any atom is 0.226 e. The van der Waals surface area contributed by atoms with Gasteiger partial charge in [0.2, 0.25) is 5.91 Å². The van der Waals surface area contributed by atoms with E-state index in [1.807, 2.05) is 0 Å². The molecule has 0 N–H and O–H groups in total. The lowest BCUT2D eigenvalue weighted by molar-refractivity contribution is -0.137. The number of ether oxygens (including phenoxy) is 1.